The zero-order valence-electron chi connectivity index (χ0n) is 11.4. The lowest BCUT2D eigenvalue weighted by molar-refractivity contribution is 0.0837. The average molecular weight is 248 g/mol. The number of ketones is 1. The van der Waals surface area contributed by atoms with Crippen molar-refractivity contribution in [2.24, 2.45) is 11.3 Å². The number of carbonyl (C=O) groups is 1. The lowest BCUT2D eigenvalue weighted by Gasteiger charge is -2.33. The lowest BCUT2D eigenvalue weighted by atomic mass is 9.71. The van der Waals surface area contributed by atoms with Crippen LogP contribution in [0.1, 0.15) is 55.5 Å². The van der Waals surface area contributed by atoms with Gasteiger partial charge in [0.1, 0.15) is 5.82 Å². The molecule has 1 aromatic carbocycles. The van der Waals surface area contributed by atoms with Crippen LogP contribution in [0.2, 0.25) is 0 Å². The minimum Gasteiger partial charge on any atom is -0.294 e. The van der Waals surface area contributed by atoms with E-state index in [0.717, 1.165) is 25.7 Å². The van der Waals surface area contributed by atoms with Crippen LogP contribution in [0.15, 0.2) is 18.2 Å². The van der Waals surface area contributed by atoms with Crippen LogP contribution in [-0.2, 0) is 0 Å². The Labute approximate surface area is 108 Å². The zero-order valence-corrected chi connectivity index (χ0v) is 11.4. The van der Waals surface area contributed by atoms with Crippen LogP contribution in [0.5, 0.6) is 0 Å². The maximum atomic E-state index is 13.5. The first kappa shape index (κ1) is 13.3. The molecule has 0 saturated heterocycles. The molecule has 1 fully saturated rings. The van der Waals surface area contributed by atoms with Gasteiger partial charge < -0.3 is 0 Å². The Morgan fingerprint density at radius 3 is 2.44 bits per heavy atom. The molecule has 1 aliphatic rings. The SMILES string of the molecule is Cc1ccc(C(=O)C2CCC(C)(C)CC2)cc1F. The predicted molar refractivity (Wildman–Crippen MR) is 71.2 cm³/mol. The molecular formula is C16H21FO. The van der Waals surface area contributed by atoms with Gasteiger partial charge in [0.15, 0.2) is 5.78 Å². The normalized spacial score (nSPS) is 19.8. The standard InChI is InChI=1S/C16H21FO/c1-11-4-5-13(10-14(11)17)15(18)12-6-8-16(2,3)9-7-12/h4-5,10,12H,6-9H2,1-3H3. The van der Waals surface area contributed by atoms with Crippen molar-refractivity contribution in [3.8, 4) is 0 Å². The maximum Gasteiger partial charge on any atom is 0.166 e. The van der Waals surface area contributed by atoms with Crippen molar-refractivity contribution < 1.29 is 9.18 Å². The van der Waals surface area contributed by atoms with E-state index in [2.05, 4.69) is 13.8 Å². The Kier molecular flexibility index (Phi) is 3.56. The number of hydrogen-bond donors (Lipinski definition) is 0. The van der Waals surface area contributed by atoms with E-state index in [0.29, 0.717) is 16.5 Å². The van der Waals surface area contributed by atoms with Gasteiger partial charge >= 0.3 is 0 Å². The second-order valence-corrected chi connectivity index (χ2v) is 6.27. The highest BCUT2D eigenvalue weighted by atomic mass is 19.1. The third-order valence-corrected chi connectivity index (χ3v) is 4.17. The minimum absolute atomic E-state index is 0.0835. The highest BCUT2D eigenvalue weighted by Crippen LogP contribution is 2.39. The van der Waals surface area contributed by atoms with Crippen molar-refractivity contribution in [2.75, 3.05) is 0 Å². The summed E-state index contributed by atoms with van der Waals surface area (Å²) in [6.45, 7) is 6.21. The Bertz CT molecular complexity index is 452. The molecule has 0 bridgehead atoms. The average Bonchev–Trinajstić information content (AvgIpc) is 2.32. The Hall–Kier alpha value is -1.18. The van der Waals surface area contributed by atoms with Gasteiger partial charge in [0.2, 0.25) is 0 Å². The highest BCUT2D eigenvalue weighted by molar-refractivity contribution is 5.97. The molecule has 1 aliphatic carbocycles. The fraction of sp³-hybridized carbons (Fsp3) is 0.562. The van der Waals surface area contributed by atoms with Crippen molar-refractivity contribution in [3.63, 3.8) is 0 Å². The molecule has 0 spiro atoms. The molecule has 2 heteroatoms. The lowest BCUT2D eigenvalue weighted by Crippen LogP contribution is -2.26. The molecule has 2 rings (SSSR count). The van der Waals surface area contributed by atoms with Crippen molar-refractivity contribution >= 4 is 5.78 Å². The van der Waals surface area contributed by atoms with Gasteiger partial charge in [0, 0.05) is 11.5 Å². The second kappa shape index (κ2) is 4.83. The van der Waals surface area contributed by atoms with E-state index in [1.165, 1.54) is 6.07 Å². The Morgan fingerprint density at radius 2 is 1.89 bits per heavy atom. The van der Waals surface area contributed by atoms with Gasteiger partial charge in [-0.05, 0) is 49.7 Å². The minimum atomic E-state index is -0.281. The molecule has 0 aromatic heterocycles. The topological polar surface area (TPSA) is 17.1 Å². The van der Waals surface area contributed by atoms with Crippen LogP contribution in [0.4, 0.5) is 4.39 Å². The first-order valence-corrected chi connectivity index (χ1v) is 6.69. The van der Waals surface area contributed by atoms with Gasteiger partial charge in [0.25, 0.3) is 0 Å². The summed E-state index contributed by atoms with van der Waals surface area (Å²) in [5, 5.41) is 0. The van der Waals surface area contributed by atoms with Crippen LogP contribution in [-0.4, -0.2) is 5.78 Å². The van der Waals surface area contributed by atoms with Gasteiger partial charge in [-0.3, -0.25) is 4.79 Å². The fourth-order valence-corrected chi connectivity index (χ4v) is 2.64. The molecule has 1 nitrogen and oxygen atoms in total. The molecule has 0 amide bonds. The first-order chi connectivity index (χ1) is 8.39. The van der Waals surface area contributed by atoms with E-state index in [9.17, 15) is 9.18 Å². The number of halogens is 1. The summed E-state index contributed by atoms with van der Waals surface area (Å²) >= 11 is 0. The molecule has 18 heavy (non-hydrogen) atoms. The first-order valence-electron chi connectivity index (χ1n) is 6.69. The molecule has 1 aromatic rings. The molecule has 0 atom stereocenters. The summed E-state index contributed by atoms with van der Waals surface area (Å²) in [6, 6.07) is 4.83. The number of Topliss-reactive ketones (excluding diaryl/α,β-unsaturated/α-hetero) is 1. The van der Waals surface area contributed by atoms with Gasteiger partial charge in [-0.25, -0.2) is 4.39 Å². The van der Waals surface area contributed by atoms with Crippen LogP contribution in [0.25, 0.3) is 0 Å². The highest BCUT2D eigenvalue weighted by Gasteiger charge is 2.31. The molecule has 0 unspecified atom stereocenters. The van der Waals surface area contributed by atoms with E-state index in [1.807, 2.05) is 0 Å². The van der Waals surface area contributed by atoms with Crippen molar-refractivity contribution in [3.05, 3.63) is 35.1 Å². The molecule has 0 radical (unpaired) electrons. The van der Waals surface area contributed by atoms with Crippen LogP contribution >= 0.6 is 0 Å². The molecular weight excluding hydrogens is 227 g/mol. The number of hydrogen-bond acceptors (Lipinski definition) is 1. The summed E-state index contributed by atoms with van der Waals surface area (Å²) < 4.78 is 13.5. The van der Waals surface area contributed by atoms with Crippen molar-refractivity contribution in [1.82, 2.24) is 0 Å². The maximum absolute atomic E-state index is 13.5. The summed E-state index contributed by atoms with van der Waals surface area (Å²) in [5.41, 5.74) is 1.48. The largest absolute Gasteiger partial charge is 0.294 e. The molecule has 0 N–H and O–H groups in total. The summed E-state index contributed by atoms with van der Waals surface area (Å²) in [7, 11) is 0. The number of carbonyl (C=O) groups excluding carboxylic acids is 1. The van der Waals surface area contributed by atoms with E-state index < -0.39 is 0 Å². The zero-order chi connectivity index (χ0) is 13.3. The van der Waals surface area contributed by atoms with Gasteiger partial charge in [-0.15, -0.1) is 0 Å². The summed E-state index contributed by atoms with van der Waals surface area (Å²) in [5.74, 6) is -0.0819. The monoisotopic (exact) mass is 248 g/mol. The van der Waals surface area contributed by atoms with Crippen LogP contribution in [0, 0.1) is 24.1 Å². The third-order valence-electron chi connectivity index (χ3n) is 4.17. The Balaban J connectivity index is 2.10. The molecule has 0 heterocycles. The van der Waals surface area contributed by atoms with Crippen LogP contribution < -0.4 is 0 Å². The van der Waals surface area contributed by atoms with Gasteiger partial charge in [-0.2, -0.15) is 0 Å². The number of aryl methyl sites for hydroxylation is 1. The molecule has 1 saturated carbocycles. The number of rotatable bonds is 2. The Morgan fingerprint density at radius 1 is 1.28 bits per heavy atom. The van der Waals surface area contributed by atoms with Crippen LogP contribution in [0.3, 0.4) is 0 Å². The quantitative estimate of drug-likeness (QED) is 0.702. The predicted octanol–water partition coefficient (Wildman–Crippen LogP) is 4.53. The smallest absolute Gasteiger partial charge is 0.166 e. The fourth-order valence-electron chi connectivity index (χ4n) is 2.64. The van der Waals surface area contributed by atoms with E-state index >= 15 is 0 Å². The van der Waals surface area contributed by atoms with Gasteiger partial charge in [-0.1, -0.05) is 26.0 Å². The van der Waals surface area contributed by atoms with Crippen molar-refractivity contribution in [1.29, 1.82) is 0 Å². The summed E-state index contributed by atoms with van der Waals surface area (Å²) in [6.07, 6.45) is 4.03. The van der Waals surface area contributed by atoms with E-state index in [1.54, 1.807) is 19.1 Å². The molecule has 0 aliphatic heterocycles. The molecule has 98 valence electrons. The number of benzene rings is 1. The second-order valence-electron chi connectivity index (χ2n) is 6.27. The van der Waals surface area contributed by atoms with Crippen molar-refractivity contribution in [2.45, 2.75) is 46.5 Å². The third kappa shape index (κ3) is 2.80. The van der Waals surface area contributed by atoms with Gasteiger partial charge in [0.05, 0.1) is 0 Å². The summed E-state index contributed by atoms with van der Waals surface area (Å²) in [4.78, 5) is 12.3. The van der Waals surface area contributed by atoms with E-state index in [-0.39, 0.29) is 17.5 Å². The van der Waals surface area contributed by atoms with E-state index in [4.69, 9.17) is 0 Å².